The van der Waals surface area contributed by atoms with Gasteiger partial charge in [-0.2, -0.15) is 0 Å². The Labute approximate surface area is 60.3 Å². The maximum Gasteiger partial charge on any atom is 0.182 e. The van der Waals surface area contributed by atoms with Crippen molar-refractivity contribution < 1.29 is 5.11 Å². The van der Waals surface area contributed by atoms with E-state index in [9.17, 15) is 5.11 Å². The first-order valence-corrected chi connectivity index (χ1v) is 3.66. The van der Waals surface area contributed by atoms with Gasteiger partial charge in [0.05, 0.1) is 0 Å². The van der Waals surface area contributed by atoms with Crippen molar-refractivity contribution in [2.75, 3.05) is 0 Å². The zero-order valence-electron chi connectivity index (χ0n) is 5.76. The molecule has 1 aliphatic carbocycles. The highest BCUT2D eigenvalue weighted by molar-refractivity contribution is 5.41. The van der Waals surface area contributed by atoms with E-state index in [1.165, 1.54) is 5.56 Å². The number of rotatable bonds is 0. The highest BCUT2D eigenvalue weighted by Gasteiger charge is 2.13. The predicted octanol–water partition coefficient (Wildman–Crippen LogP) is 2.32. The van der Waals surface area contributed by atoms with E-state index in [0.29, 0.717) is 0 Å². The van der Waals surface area contributed by atoms with E-state index in [1.54, 1.807) is 6.07 Å². The zero-order chi connectivity index (χ0) is 6.97. The minimum atomic E-state index is 0.231. The molecule has 1 radical (unpaired) electrons. The Balaban J connectivity index is 2.59. The second-order valence-corrected chi connectivity index (χ2v) is 2.75. The number of aryl methyl sites for hydroxylation is 1. The molecule has 0 heterocycles. The lowest BCUT2D eigenvalue weighted by Crippen LogP contribution is -1.79. The molecule has 1 aliphatic rings. The number of benzene rings is 1. The Bertz CT molecular complexity index is 253. The third kappa shape index (κ3) is 0.703. The maximum atomic E-state index is 11.1. The van der Waals surface area contributed by atoms with Crippen LogP contribution in [0.15, 0.2) is 18.2 Å². The van der Waals surface area contributed by atoms with Gasteiger partial charge in [0.15, 0.2) is 5.75 Å². The highest BCUT2D eigenvalue weighted by atomic mass is 16.3. The van der Waals surface area contributed by atoms with E-state index in [4.69, 9.17) is 0 Å². The smallest absolute Gasteiger partial charge is 0.182 e. The fourth-order valence-electron chi connectivity index (χ4n) is 1.58. The Morgan fingerprint density at radius 2 is 2.10 bits per heavy atom. The summed E-state index contributed by atoms with van der Waals surface area (Å²) in [5, 5.41) is 11.1. The molecule has 0 amide bonds. The van der Waals surface area contributed by atoms with Gasteiger partial charge in [-0.3, -0.25) is 5.11 Å². The van der Waals surface area contributed by atoms with Gasteiger partial charge >= 0.3 is 0 Å². The van der Waals surface area contributed by atoms with Crippen molar-refractivity contribution >= 4 is 0 Å². The molecule has 10 heavy (non-hydrogen) atoms. The van der Waals surface area contributed by atoms with E-state index < -0.39 is 0 Å². The van der Waals surface area contributed by atoms with Gasteiger partial charge in [-0.15, -0.1) is 0 Å². The zero-order valence-corrected chi connectivity index (χ0v) is 5.76. The summed E-state index contributed by atoms with van der Waals surface area (Å²) in [6, 6.07) is 5.57. The van der Waals surface area contributed by atoms with Crippen LogP contribution in [0.4, 0.5) is 0 Å². The molecule has 0 atom stereocenters. The average Bonchev–Trinajstić information content (AvgIpc) is 2.36. The molecular formula is C9H9O. The third-order valence-electron chi connectivity index (χ3n) is 2.10. The van der Waals surface area contributed by atoms with E-state index >= 15 is 0 Å². The second kappa shape index (κ2) is 2.01. The molecule has 1 aromatic carbocycles. The van der Waals surface area contributed by atoms with Gasteiger partial charge in [0.2, 0.25) is 0 Å². The van der Waals surface area contributed by atoms with Crippen LogP contribution < -0.4 is 0 Å². The topological polar surface area (TPSA) is 19.9 Å². The fourth-order valence-corrected chi connectivity index (χ4v) is 1.58. The van der Waals surface area contributed by atoms with Gasteiger partial charge < -0.3 is 0 Å². The lowest BCUT2D eigenvalue weighted by molar-refractivity contribution is 0.350. The van der Waals surface area contributed by atoms with E-state index in [0.717, 1.165) is 24.8 Å². The van der Waals surface area contributed by atoms with Gasteiger partial charge in [0, 0.05) is 5.56 Å². The minimum Gasteiger partial charge on any atom is -0.290 e. The summed E-state index contributed by atoms with van der Waals surface area (Å²) in [6.07, 6.45) is 3.26. The molecule has 0 N–H and O–H groups in total. The largest absolute Gasteiger partial charge is 0.290 e. The summed E-state index contributed by atoms with van der Waals surface area (Å²) in [5.41, 5.74) is 2.33. The van der Waals surface area contributed by atoms with Gasteiger partial charge in [-0.05, 0) is 30.9 Å². The first kappa shape index (κ1) is 5.78. The quantitative estimate of drug-likeness (QED) is 0.517. The molecule has 0 spiro atoms. The Morgan fingerprint density at radius 1 is 1.20 bits per heavy atom. The van der Waals surface area contributed by atoms with Crippen molar-refractivity contribution in [2.24, 2.45) is 0 Å². The Morgan fingerprint density at radius 3 is 2.90 bits per heavy atom. The molecule has 1 heteroatoms. The fraction of sp³-hybridized carbons (Fsp3) is 0.333. The van der Waals surface area contributed by atoms with Crippen molar-refractivity contribution in [3.63, 3.8) is 0 Å². The Hall–Kier alpha value is -0.980. The molecule has 51 valence electrons. The second-order valence-electron chi connectivity index (χ2n) is 2.75. The van der Waals surface area contributed by atoms with Gasteiger partial charge in [-0.1, -0.05) is 12.1 Å². The molecule has 1 aromatic rings. The van der Waals surface area contributed by atoms with Crippen LogP contribution in [0.5, 0.6) is 5.75 Å². The monoisotopic (exact) mass is 133 g/mol. The summed E-state index contributed by atoms with van der Waals surface area (Å²) < 4.78 is 0. The highest BCUT2D eigenvalue weighted by Crippen LogP contribution is 2.29. The number of fused-ring (bicyclic) bond motifs is 1. The van der Waals surface area contributed by atoms with Crippen LogP contribution in [0.2, 0.25) is 0 Å². The molecule has 0 aromatic heterocycles. The summed E-state index contributed by atoms with van der Waals surface area (Å²) in [6.45, 7) is 0. The van der Waals surface area contributed by atoms with Gasteiger partial charge in [0.1, 0.15) is 0 Å². The van der Waals surface area contributed by atoms with Crippen LogP contribution in [-0.4, -0.2) is 0 Å². The first-order chi connectivity index (χ1) is 4.88. The van der Waals surface area contributed by atoms with Crippen molar-refractivity contribution in [3.8, 4) is 5.75 Å². The van der Waals surface area contributed by atoms with Crippen LogP contribution in [-0.2, 0) is 17.9 Å². The third-order valence-corrected chi connectivity index (χ3v) is 2.10. The van der Waals surface area contributed by atoms with Crippen molar-refractivity contribution in [2.45, 2.75) is 19.3 Å². The predicted molar refractivity (Wildman–Crippen MR) is 38.6 cm³/mol. The number of hydrogen-bond acceptors (Lipinski definition) is 0. The Kier molecular flexibility index (Phi) is 1.16. The van der Waals surface area contributed by atoms with Crippen LogP contribution in [0.25, 0.3) is 0 Å². The average molecular weight is 133 g/mol. The van der Waals surface area contributed by atoms with Gasteiger partial charge in [0.25, 0.3) is 0 Å². The molecule has 0 saturated heterocycles. The minimum absolute atomic E-state index is 0.231. The van der Waals surface area contributed by atoms with Crippen molar-refractivity contribution in [1.29, 1.82) is 0 Å². The molecule has 2 rings (SSSR count). The molecule has 1 nitrogen and oxygen atoms in total. The summed E-state index contributed by atoms with van der Waals surface area (Å²) >= 11 is 0. The van der Waals surface area contributed by atoms with Crippen LogP contribution >= 0.6 is 0 Å². The normalized spacial score (nSPS) is 15.2. The van der Waals surface area contributed by atoms with Crippen LogP contribution in [0, 0.1) is 0 Å². The van der Waals surface area contributed by atoms with Gasteiger partial charge in [-0.25, -0.2) is 0 Å². The molecule has 0 unspecified atom stereocenters. The van der Waals surface area contributed by atoms with E-state index in [1.807, 2.05) is 6.07 Å². The van der Waals surface area contributed by atoms with Crippen LogP contribution in [0.3, 0.4) is 0 Å². The van der Waals surface area contributed by atoms with Crippen LogP contribution in [0.1, 0.15) is 17.5 Å². The maximum absolute atomic E-state index is 11.1. The van der Waals surface area contributed by atoms with Crippen molar-refractivity contribution in [1.82, 2.24) is 0 Å². The summed E-state index contributed by atoms with van der Waals surface area (Å²) in [4.78, 5) is 0. The summed E-state index contributed by atoms with van der Waals surface area (Å²) in [5.74, 6) is 0.231. The standard InChI is InChI=1S/C9H9O/c10-9-6-2-4-7-3-1-5-8(7)9/h2,4,6H,1,3,5H2. The molecular weight excluding hydrogens is 124 g/mol. The molecule has 0 fully saturated rings. The molecule has 0 bridgehead atoms. The number of hydrogen-bond donors (Lipinski definition) is 0. The SMILES string of the molecule is [O]c1cccc2c1CCC2. The first-order valence-electron chi connectivity index (χ1n) is 3.66. The van der Waals surface area contributed by atoms with Crippen molar-refractivity contribution in [3.05, 3.63) is 29.3 Å². The lowest BCUT2D eigenvalue weighted by Gasteiger charge is -1.96. The summed E-state index contributed by atoms with van der Waals surface area (Å²) in [7, 11) is 0. The van der Waals surface area contributed by atoms with E-state index in [2.05, 4.69) is 6.07 Å². The van der Waals surface area contributed by atoms with E-state index in [-0.39, 0.29) is 5.75 Å². The molecule has 0 saturated carbocycles. The molecule has 0 aliphatic heterocycles. The lowest BCUT2D eigenvalue weighted by atomic mass is 10.1.